The van der Waals surface area contributed by atoms with Crippen molar-refractivity contribution < 1.29 is 36.2 Å². The summed E-state index contributed by atoms with van der Waals surface area (Å²) in [6, 6.07) is 1.67. The SMILES string of the molecule is Nc1ccc(C(F)C(F)(F)C(F)(F)F)cc1C(=O)O. The number of nitrogen functional groups attached to an aromatic ring is 1. The van der Waals surface area contributed by atoms with Crippen molar-refractivity contribution in [3.63, 3.8) is 0 Å². The summed E-state index contributed by atoms with van der Waals surface area (Å²) < 4.78 is 74.7. The number of alkyl halides is 6. The van der Waals surface area contributed by atoms with E-state index >= 15 is 0 Å². The van der Waals surface area contributed by atoms with Crippen LogP contribution in [0, 0.1) is 0 Å². The molecule has 0 spiro atoms. The molecule has 1 atom stereocenters. The molecule has 0 heterocycles. The molecule has 3 N–H and O–H groups in total. The van der Waals surface area contributed by atoms with Crippen LogP contribution < -0.4 is 5.73 Å². The molecule has 0 bridgehead atoms. The molecular formula is C10H7F6NO2. The molecule has 0 fully saturated rings. The molecule has 0 amide bonds. The second-order valence-electron chi connectivity index (χ2n) is 3.64. The highest BCUT2D eigenvalue weighted by Gasteiger charge is 2.63. The first-order valence-electron chi connectivity index (χ1n) is 4.69. The third-order valence-electron chi connectivity index (χ3n) is 2.30. The van der Waals surface area contributed by atoms with Crippen molar-refractivity contribution in [1.29, 1.82) is 0 Å². The van der Waals surface area contributed by atoms with Crippen LogP contribution in [0.15, 0.2) is 18.2 Å². The van der Waals surface area contributed by atoms with Crippen molar-refractivity contribution in [2.75, 3.05) is 5.73 Å². The lowest BCUT2D eigenvalue weighted by molar-refractivity contribution is -0.305. The number of rotatable bonds is 3. The van der Waals surface area contributed by atoms with Crippen molar-refractivity contribution in [2.24, 2.45) is 0 Å². The van der Waals surface area contributed by atoms with E-state index in [2.05, 4.69) is 0 Å². The van der Waals surface area contributed by atoms with Gasteiger partial charge in [0.2, 0.25) is 0 Å². The summed E-state index contributed by atoms with van der Waals surface area (Å²) in [6.07, 6.45) is -9.80. The number of hydrogen-bond acceptors (Lipinski definition) is 2. The van der Waals surface area contributed by atoms with Gasteiger partial charge in [-0.15, -0.1) is 0 Å². The predicted molar refractivity (Wildman–Crippen MR) is 52.7 cm³/mol. The van der Waals surface area contributed by atoms with Gasteiger partial charge >= 0.3 is 18.1 Å². The van der Waals surface area contributed by atoms with E-state index in [0.29, 0.717) is 12.1 Å². The number of anilines is 1. The standard InChI is InChI=1S/C10H7F6NO2/c11-7(9(12,13)10(14,15)16)4-1-2-6(17)5(3-4)8(18)19/h1-3,7H,17H2,(H,18,19). The van der Waals surface area contributed by atoms with E-state index in [1.54, 1.807) is 0 Å². The number of carbonyl (C=O) groups is 1. The van der Waals surface area contributed by atoms with Crippen LogP contribution in [0.1, 0.15) is 22.1 Å². The summed E-state index contributed by atoms with van der Waals surface area (Å²) in [4.78, 5) is 10.6. The highest BCUT2D eigenvalue weighted by atomic mass is 19.4. The number of halogens is 6. The van der Waals surface area contributed by atoms with Gasteiger partial charge in [-0.2, -0.15) is 22.0 Å². The van der Waals surface area contributed by atoms with Gasteiger partial charge < -0.3 is 10.8 Å². The maximum atomic E-state index is 13.3. The molecule has 0 aliphatic rings. The fraction of sp³-hybridized carbons (Fsp3) is 0.300. The Balaban J connectivity index is 3.25. The van der Waals surface area contributed by atoms with Crippen LogP contribution >= 0.6 is 0 Å². The summed E-state index contributed by atoms with van der Waals surface area (Å²) in [7, 11) is 0. The van der Waals surface area contributed by atoms with Crippen molar-refractivity contribution in [1.82, 2.24) is 0 Å². The first-order valence-corrected chi connectivity index (χ1v) is 4.69. The molecular weight excluding hydrogens is 280 g/mol. The van der Waals surface area contributed by atoms with Gasteiger partial charge in [-0.05, 0) is 17.7 Å². The average Bonchev–Trinajstić information content (AvgIpc) is 2.26. The van der Waals surface area contributed by atoms with Gasteiger partial charge in [0.25, 0.3) is 0 Å². The topological polar surface area (TPSA) is 63.3 Å². The molecule has 1 rings (SSSR count). The summed E-state index contributed by atoms with van der Waals surface area (Å²) >= 11 is 0. The average molecular weight is 287 g/mol. The van der Waals surface area contributed by atoms with Crippen LogP contribution in [0.25, 0.3) is 0 Å². The Morgan fingerprint density at radius 2 is 1.74 bits per heavy atom. The molecule has 3 nitrogen and oxygen atoms in total. The lowest BCUT2D eigenvalue weighted by Gasteiger charge is -2.23. The monoisotopic (exact) mass is 287 g/mol. The molecule has 0 saturated heterocycles. The Morgan fingerprint density at radius 3 is 2.16 bits per heavy atom. The second kappa shape index (κ2) is 4.63. The van der Waals surface area contributed by atoms with Gasteiger partial charge in [0.05, 0.1) is 5.56 Å². The minimum Gasteiger partial charge on any atom is -0.478 e. The molecule has 0 aliphatic heterocycles. The Morgan fingerprint density at radius 1 is 1.21 bits per heavy atom. The smallest absolute Gasteiger partial charge is 0.456 e. The van der Waals surface area contributed by atoms with Crippen molar-refractivity contribution in [3.05, 3.63) is 29.3 Å². The van der Waals surface area contributed by atoms with E-state index < -0.39 is 35.4 Å². The summed E-state index contributed by atoms with van der Waals surface area (Å²) in [5, 5.41) is 8.62. The first kappa shape index (κ1) is 15.1. The maximum Gasteiger partial charge on any atom is 0.456 e. The number of carboxylic acid groups (broad SMARTS) is 1. The molecule has 9 heteroatoms. The fourth-order valence-electron chi connectivity index (χ4n) is 1.27. The third kappa shape index (κ3) is 2.74. The van der Waals surface area contributed by atoms with Gasteiger partial charge in [0.1, 0.15) is 0 Å². The molecule has 1 aromatic carbocycles. The lowest BCUT2D eigenvalue weighted by atomic mass is 10.0. The van der Waals surface area contributed by atoms with Gasteiger partial charge in [0.15, 0.2) is 6.17 Å². The van der Waals surface area contributed by atoms with E-state index in [9.17, 15) is 31.1 Å². The minimum atomic E-state index is -6.09. The fourth-order valence-corrected chi connectivity index (χ4v) is 1.27. The molecule has 0 saturated carbocycles. The van der Waals surface area contributed by atoms with Crippen LogP contribution in [-0.4, -0.2) is 23.2 Å². The van der Waals surface area contributed by atoms with Crippen LogP contribution in [-0.2, 0) is 0 Å². The zero-order valence-corrected chi connectivity index (χ0v) is 9.01. The summed E-state index contributed by atoms with van der Waals surface area (Å²) in [6.45, 7) is 0. The van der Waals surface area contributed by atoms with Crippen molar-refractivity contribution in [3.8, 4) is 0 Å². The number of hydrogen-bond donors (Lipinski definition) is 2. The lowest BCUT2D eigenvalue weighted by Crippen LogP contribution is -2.40. The zero-order valence-electron chi connectivity index (χ0n) is 9.01. The molecule has 0 aliphatic carbocycles. The number of carboxylic acids is 1. The molecule has 19 heavy (non-hydrogen) atoms. The van der Waals surface area contributed by atoms with Gasteiger partial charge in [0, 0.05) is 5.69 Å². The number of nitrogens with two attached hydrogens (primary N) is 1. The third-order valence-corrected chi connectivity index (χ3v) is 2.30. The summed E-state index contributed by atoms with van der Waals surface area (Å²) in [5.74, 6) is -7.29. The molecule has 1 aromatic rings. The first-order chi connectivity index (χ1) is 8.48. The largest absolute Gasteiger partial charge is 0.478 e. The highest BCUT2D eigenvalue weighted by molar-refractivity contribution is 5.93. The number of aromatic carboxylic acids is 1. The van der Waals surface area contributed by atoms with Crippen LogP contribution in [0.4, 0.5) is 32.0 Å². The maximum absolute atomic E-state index is 13.3. The molecule has 0 aromatic heterocycles. The summed E-state index contributed by atoms with van der Waals surface area (Å²) in [5.41, 5.74) is 2.93. The van der Waals surface area contributed by atoms with Crippen molar-refractivity contribution >= 4 is 11.7 Å². The predicted octanol–water partition coefficient (Wildman–Crippen LogP) is 3.18. The van der Waals surface area contributed by atoms with E-state index in [-0.39, 0.29) is 5.69 Å². The Kier molecular flexibility index (Phi) is 3.69. The van der Waals surface area contributed by atoms with Gasteiger partial charge in [-0.25, -0.2) is 9.18 Å². The highest BCUT2D eigenvalue weighted by Crippen LogP contribution is 2.46. The van der Waals surface area contributed by atoms with E-state index in [1.807, 2.05) is 0 Å². The Labute approximate surface area is 102 Å². The minimum absolute atomic E-state index is 0.349. The van der Waals surface area contributed by atoms with Crippen LogP contribution in [0.3, 0.4) is 0 Å². The van der Waals surface area contributed by atoms with E-state index in [4.69, 9.17) is 10.8 Å². The van der Waals surface area contributed by atoms with Gasteiger partial charge in [-0.1, -0.05) is 6.07 Å². The Hall–Kier alpha value is -1.93. The Bertz CT molecular complexity index is 499. The second-order valence-corrected chi connectivity index (χ2v) is 3.64. The van der Waals surface area contributed by atoms with Gasteiger partial charge in [-0.3, -0.25) is 0 Å². The quantitative estimate of drug-likeness (QED) is 0.663. The van der Waals surface area contributed by atoms with Crippen molar-refractivity contribution in [2.45, 2.75) is 18.3 Å². The molecule has 0 radical (unpaired) electrons. The molecule has 106 valence electrons. The zero-order chi connectivity index (χ0) is 15.0. The van der Waals surface area contributed by atoms with Crippen LogP contribution in [0.5, 0.6) is 0 Å². The molecule has 1 unspecified atom stereocenters. The normalized spacial score (nSPS) is 14.2. The van der Waals surface area contributed by atoms with E-state index in [0.717, 1.165) is 6.07 Å². The number of benzene rings is 1. The van der Waals surface area contributed by atoms with E-state index in [1.165, 1.54) is 0 Å². The van der Waals surface area contributed by atoms with Crippen LogP contribution in [0.2, 0.25) is 0 Å².